The fourth-order valence-corrected chi connectivity index (χ4v) is 9.52. The molecule has 2 aliphatic rings. The molecule has 1 heterocycles. The summed E-state index contributed by atoms with van der Waals surface area (Å²) in [5.41, 5.74) is 10.3. The number of fused-ring (bicyclic) bond motifs is 4. The third-order valence-corrected chi connectivity index (χ3v) is 12.1. The second-order valence-electron chi connectivity index (χ2n) is 17.8. The van der Waals surface area contributed by atoms with Crippen molar-refractivity contribution in [1.82, 2.24) is 14.9 Å². The van der Waals surface area contributed by atoms with E-state index in [4.69, 9.17) is 14.5 Å². The molecule has 0 radical (unpaired) electrons. The highest BCUT2D eigenvalue weighted by Crippen LogP contribution is 2.58. The molecule has 4 aromatic carbocycles. The number of carbonyl (C=O) groups is 2. The number of ether oxygens (including phenoxy) is 2. The van der Waals surface area contributed by atoms with Gasteiger partial charge in [-0.15, -0.1) is 0 Å². The standard InChI is InChI=1S/C48H57N3O4/c1-31(2)35-17-20-40-37(25-35)19-22-43-47(7,23-10-24-48(40,43)8)30-51-42-21-18-36(34-15-13-33(14-16-34)28-49-32(3)52)27-41(42)50-45(51)38-11-9-12-39(26-38)54-29-44(53)55-46(4,5)6/h9,11-18,20-21,25-27,31,43H,10,19,22-24,28-30H2,1-8H3,(H,49,52)/t43-,47+,48+/m0/s1. The van der Waals surface area contributed by atoms with Crippen LogP contribution < -0.4 is 10.1 Å². The second-order valence-corrected chi connectivity index (χ2v) is 17.8. The normalized spacial score (nSPS) is 20.9. The smallest absolute Gasteiger partial charge is 0.344 e. The molecule has 1 saturated carbocycles. The van der Waals surface area contributed by atoms with E-state index in [9.17, 15) is 9.59 Å². The molecule has 0 unspecified atom stereocenters. The SMILES string of the molecule is CC(=O)NCc1ccc(-c2ccc3c(c2)nc(-c2cccc(OCC(=O)OC(C)(C)C)c2)n3C[C@@]2(C)CCC[C@]3(C)c4ccc(C(C)C)cc4CC[C@@H]23)cc1. The highest BCUT2D eigenvalue weighted by Gasteiger charge is 2.52. The van der Waals surface area contributed by atoms with Crippen molar-refractivity contribution < 1.29 is 19.1 Å². The first-order valence-electron chi connectivity index (χ1n) is 20.0. The minimum Gasteiger partial charge on any atom is -0.482 e. The molecule has 55 heavy (non-hydrogen) atoms. The van der Waals surface area contributed by atoms with Crippen LogP contribution >= 0.6 is 0 Å². The third-order valence-electron chi connectivity index (χ3n) is 12.1. The van der Waals surface area contributed by atoms with Gasteiger partial charge in [0.25, 0.3) is 0 Å². The van der Waals surface area contributed by atoms with Crippen molar-refractivity contribution in [1.29, 1.82) is 0 Å². The van der Waals surface area contributed by atoms with Crippen LogP contribution in [0.2, 0.25) is 0 Å². The third kappa shape index (κ3) is 8.08. The topological polar surface area (TPSA) is 82.4 Å². The molecule has 7 rings (SSSR count). The summed E-state index contributed by atoms with van der Waals surface area (Å²) in [5, 5.41) is 2.88. The van der Waals surface area contributed by atoms with Crippen molar-refractivity contribution in [2.45, 2.75) is 118 Å². The molecule has 3 atom stereocenters. The first kappa shape index (κ1) is 38.4. The van der Waals surface area contributed by atoms with E-state index >= 15 is 0 Å². The van der Waals surface area contributed by atoms with E-state index in [0.717, 1.165) is 58.5 Å². The fraction of sp³-hybridized carbons (Fsp3) is 0.438. The van der Waals surface area contributed by atoms with Gasteiger partial charge in [0.1, 0.15) is 17.2 Å². The van der Waals surface area contributed by atoms with Crippen LogP contribution in [0, 0.1) is 11.3 Å². The Morgan fingerprint density at radius 2 is 1.69 bits per heavy atom. The molecule has 1 fully saturated rings. The zero-order valence-electron chi connectivity index (χ0n) is 33.9. The van der Waals surface area contributed by atoms with Gasteiger partial charge in [-0.25, -0.2) is 9.78 Å². The average molecular weight is 740 g/mol. The van der Waals surface area contributed by atoms with Crippen molar-refractivity contribution in [3.05, 3.63) is 107 Å². The number of nitrogens with one attached hydrogen (secondary N) is 1. The quantitative estimate of drug-likeness (QED) is 0.144. The molecular weight excluding hydrogens is 683 g/mol. The van der Waals surface area contributed by atoms with E-state index in [1.807, 2.05) is 39.0 Å². The number of imidazole rings is 1. The van der Waals surface area contributed by atoms with E-state index in [1.165, 1.54) is 31.7 Å². The summed E-state index contributed by atoms with van der Waals surface area (Å²) in [7, 11) is 0. The molecule has 0 spiro atoms. The fourth-order valence-electron chi connectivity index (χ4n) is 9.52. The molecule has 1 aromatic heterocycles. The van der Waals surface area contributed by atoms with Gasteiger partial charge in [0.15, 0.2) is 6.61 Å². The summed E-state index contributed by atoms with van der Waals surface area (Å²) >= 11 is 0. The summed E-state index contributed by atoms with van der Waals surface area (Å²) in [6.45, 7) is 17.9. The van der Waals surface area contributed by atoms with Crippen LogP contribution in [-0.4, -0.2) is 33.6 Å². The minimum absolute atomic E-state index is 0.0387. The maximum absolute atomic E-state index is 12.5. The van der Waals surface area contributed by atoms with Crippen LogP contribution in [0.1, 0.15) is 109 Å². The van der Waals surface area contributed by atoms with E-state index in [2.05, 4.69) is 104 Å². The molecule has 288 valence electrons. The lowest BCUT2D eigenvalue weighted by Crippen LogP contribution is -2.50. The van der Waals surface area contributed by atoms with Gasteiger partial charge in [-0.3, -0.25) is 4.79 Å². The lowest BCUT2D eigenvalue weighted by Gasteiger charge is -2.56. The van der Waals surface area contributed by atoms with Gasteiger partial charge >= 0.3 is 5.97 Å². The number of hydrogen-bond donors (Lipinski definition) is 1. The summed E-state index contributed by atoms with van der Waals surface area (Å²) in [6, 6.07) is 30.2. The molecule has 7 heteroatoms. The summed E-state index contributed by atoms with van der Waals surface area (Å²) < 4.78 is 13.9. The van der Waals surface area contributed by atoms with Crippen LogP contribution in [0.25, 0.3) is 33.5 Å². The van der Waals surface area contributed by atoms with Crippen molar-refractivity contribution in [2.75, 3.05) is 6.61 Å². The van der Waals surface area contributed by atoms with Gasteiger partial charge in [0.2, 0.25) is 5.91 Å². The van der Waals surface area contributed by atoms with Crippen LogP contribution in [0.15, 0.2) is 84.9 Å². The van der Waals surface area contributed by atoms with Gasteiger partial charge in [0, 0.05) is 25.6 Å². The Hall–Kier alpha value is -4.91. The van der Waals surface area contributed by atoms with Gasteiger partial charge < -0.3 is 19.4 Å². The first-order valence-corrected chi connectivity index (χ1v) is 20.0. The molecule has 2 aliphatic carbocycles. The van der Waals surface area contributed by atoms with Crippen molar-refractivity contribution in [3.8, 4) is 28.3 Å². The van der Waals surface area contributed by atoms with E-state index in [1.54, 1.807) is 11.1 Å². The van der Waals surface area contributed by atoms with Crippen molar-refractivity contribution in [3.63, 3.8) is 0 Å². The lowest BCUT2D eigenvalue weighted by molar-refractivity contribution is -0.157. The molecule has 0 bridgehead atoms. The number of amides is 1. The highest BCUT2D eigenvalue weighted by molar-refractivity contribution is 5.86. The maximum Gasteiger partial charge on any atom is 0.344 e. The van der Waals surface area contributed by atoms with Gasteiger partial charge in [-0.1, -0.05) is 94.8 Å². The van der Waals surface area contributed by atoms with Gasteiger partial charge in [-0.2, -0.15) is 0 Å². The molecule has 5 aromatic rings. The Balaban J connectivity index is 1.26. The molecular formula is C48H57N3O4. The number of esters is 1. The second kappa shape index (κ2) is 15.0. The van der Waals surface area contributed by atoms with Crippen LogP contribution in [0.5, 0.6) is 5.75 Å². The average Bonchev–Trinajstić information content (AvgIpc) is 3.49. The predicted octanol–water partition coefficient (Wildman–Crippen LogP) is 10.6. The number of carbonyl (C=O) groups excluding carboxylic acids is 2. The first-order chi connectivity index (χ1) is 26.1. The highest BCUT2D eigenvalue weighted by atomic mass is 16.6. The van der Waals surface area contributed by atoms with Crippen molar-refractivity contribution in [2.24, 2.45) is 11.3 Å². The minimum atomic E-state index is -0.580. The summed E-state index contributed by atoms with van der Waals surface area (Å²) in [6.07, 6.45) is 5.86. The predicted molar refractivity (Wildman–Crippen MR) is 221 cm³/mol. The van der Waals surface area contributed by atoms with E-state index < -0.39 is 11.6 Å². The number of aromatic nitrogens is 2. The Kier molecular flexibility index (Phi) is 10.4. The lowest BCUT2D eigenvalue weighted by atomic mass is 9.49. The number of aryl methyl sites for hydroxylation is 1. The van der Waals surface area contributed by atoms with Crippen molar-refractivity contribution >= 4 is 22.9 Å². The summed E-state index contributed by atoms with van der Waals surface area (Å²) in [4.78, 5) is 29.3. The number of benzene rings is 4. The molecule has 0 saturated heterocycles. The largest absolute Gasteiger partial charge is 0.482 e. The number of hydrogen-bond acceptors (Lipinski definition) is 5. The Morgan fingerprint density at radius 3 is 2.42 bits per heavy atom. The zero-order valence-corrected chi connectivity index (χ0v) is 33.9. The molecule has 7 nitrogen and oxygen atoms in total. The Morgan fingerprint density at radius 1 is 0.927 bits per heavy atom. The van der Waals surface area contributed by atoms with Crippen LogP contribution in [0.3, 0.4) is 0 Å². The summed E-state index contributed by atoms with van der Waals surface area (Å²) in [5.74, 6) is 2.10. The van der Waals surface area contributed by atoms with E-state index in [0.29, 0.717) is 24.1 Å². The van der Waals surface area contributed by atoms with E-state index in [-0.39, 0.29) is 23.3 Å². The zero-order chi connectivity index (χ0) is 39.1. The Bertz CT molecular complexity index is 2210. The number of rotatable bonds is 10. The van der Waals surface area contributed by atoms with Crippen LogP contribution in [-0.2, 0) is 39.3 Å². The Labute approximate surface area is 326 Å². The molecule has 0 aliphatic heterocycles. The monoisotopic (exact) mass is 739 g/mol. The maximum atomic E-state index is 12.5. The van der Waals surface area contributed by atoms with Crippen LogP contribution in [0.4, 0.5) is 0 Å². The molecule has 1 N–H and O–H groups in total. The van der Waals surface area contributed by atoms with Gasteiger partial charge in [-0.05, 0) is 127 Å². The van der Waals surface area contributed by atoms with Gasteiger partial charge in [0.05, 0.1) is 11.0 Å². The molecule has 1 amide bonds. The number of nitrogens with zero attached hydrogens (tertiary/aromatic N) is 2.